The second-order valence-electron chi connectivity index (χ2n) is 21.3. The molecule has 0 aliphatic rings. The van der Waals surface area contributed by atoms with Crippen LogP contribution in [0.25, 0.3) is 0 Å². The number of amides is 3. The molecular weight excluding hydrogens is 1350 g/mol. The molecule has 0 saturated heterocycles. The van der Waals surface area contributed by atoms with Gasteiger partial charge < -0.3 is 96.8 Å². The number of aliphatic hydroxyl groups excluding tert-OH is 1. The second-order valence-corrected chi connectivity index (χ2v) is 21.3. The lowest BCUT2D eigenvalue weighted by molar-refractivity contribution is -0.140. The molecule has 29 nitrogen and oxygen atoms in total. The molecule has 3 amide bonds. The van der Waals surface area contributed by atoms with Crippen molar-refractivity contribution >= 4 is 52.8 Å². The van der Waals surface area contributed by atoms with Crippen LogP contribution in [0.2, 0.25) is 0 Å². The first-order chi connectivity index (χ1) is 50.0. The van der Waals surface area contributed by atoms with Gasteiger partial charge in [-0.15, -0.1) is 0 Å². The van der Waals surface area contributed by atoms with E-state index in [2.05, 4.69) is 75.2 Å². The van der Waals surface area contributed by atoms with Gasteiger partial charge in [0, 0.05) is 95.9 Å². The zero-order valence-electron chi connectivity index (χ0n) is 61.2. The number of hydrogen-bond donors (Lipinski definition) is 4. The van der Waals surface area contributed by atoms with E-state index in [1.54, 1.807) is 0 Å². The molecule has 0 aliphatic carbocycles. The lowest BCUT2D eigenvalue weighted by Gasteiger charge is -2.32. The summed E-state index contributed by atoms with van der Waals surface area (Å²) in [5, 5.41) is 15.9. The van der Waals surface area contributed by atoms with Crippen molar-refractivity contribution in [1.29, 1.82) is 0 Å². The molecule has 0 aromatic carbocycles. The number of carbonyl (C=O) groups is 9. The fourth-order valence-electron chi connectivity index (χ4n) is 7.27. The van der Waals surface area contributed by atoms with E-state index < -0.39 is 17.4 Å². The maximum atomic E-state index is 12.3. The fraction of sp³-hybridized carbons (Fsp3) is 0.635. The minimum Gasteiger partial charge on any atom is -0.460 e. The van der Waals surface area contributed by atoms with Crippen molar-refractivity contribution in [2.24, 2.45) is 5.41 Å². The number of hydrogen-bond acceptors (Lipinski definition) is 26. The standard InChI is InChI=1S/C27H42N2O7.C24H42O12.C18H30O5.C5H9NO2/c1-5-23(30)13-9-10-16-34-20-27(19-24(31)6-2,21-35-17-11-14-28-25(32)7-3)22-36-18-12-15-29-26(33)8-4;1-3-23(25)35-21-19-33-17-15-31-13-11-29-9-7-27-5-6-28-8-10-30-12-14-32-16-18-34-20-22-36-24(26)4-2;1-3-17(19)9-5-7-11-21-13-15-23-16-14-22-12-8-6-10-18(20)4-2;1-2-5(8)6-3-4-7/h5-8H,1-4,9-22H2,(H,28,32)(H,29,33);3-4H,1-2,5-22H2;3-4H,1-2,5-16H2;2,7H,1,3-4H2,(H,6,8). The Balaban J connectivity index is -0.000000690. The highest BCUT2D eigenvalue weighted by atomic mass is 16.6. The van der Waals surface area contributed by atoms with Crippen LogP contribution in [0, 0.1) is 5.41 Å². The van der Waals surface area contributed by atoms with Gasteiger partial charge in [-0.1, -0.05) is 59.2 Å². The third-order valence-corrected chi connectivity index (χ3v) is 12.7. The molecule has 0 aliphatic heterocycles. The van der Waals surface area contributed by atoms with Crippen LogP contribution in [0.15, 0.2) is 114 Å². The van der Waals surface area contributed by atoms with Gasteiger partial charge in [-0.25, -0.2) is 9.59 Å². The number of unbranched alkanes of at least 4 members (excludes halogenated alkanes) is 3. The van der Waals surface area contributed by atoms with Crippen molar-refractivity contribution in [1.82, 2.24) is 16.0 Å². The lowest BCUT2D eigenvalue weighted by Crippen LogP contribution is -2.40. The van der Waals surface area contributed by atoms with Crippen LogP contribution in [0.3, 0.4) is 0 Å². The highest BCUT2D eigenvalue weighted by Gasteiger charge is 2.34. The van der Waals surface area contributed by atoms with E-state index >= 15 is 0 Å². The maximum absolute atomic E-state index is 12.3. The average molecular weight is 1470 g/mol. The van der Waals surface area contributed by atoms with Crippen molar-refractivity contribution in [2.45, 2.75) is 77.0 Å². The van der Waals surface area contributed by atoms with Gasteiger partial charge in [0.15, 0.2) is 23.1 Å². The molecule has 0 rings (SSSR count). The highest BCUT2D eigenvalue weighted by molar-refractivity contribution is 5.91. The predicted molar refractivity (Wildman–Crippen MR) is 389 cm³/mol. The van der Waals surface area contributed by atoms with Crippen molar-refractivity contribution in [2.75, 3.05) is 224 Å². The number of aliphatic hydroxyl groups is 1. The Kier molecular flexibility index (Phi) is 83.6. The Morgan fingerprint density at radius 1 is 0.262 bits per heavy atom. The summed E-state index contributed by atoms with van der Waals surface area (Å²) < 4.78 is 86.1. The molecule has 0 aromatic heterocycles. The number of carbonyl (C=O) groups excluding carboxylic acids is 9. The Morgan fingerprint density at radius 3 is 0.738 bits per heavy atom. The molecule has 0 saturated carbocycles. The topological polar surface area (TPSA) is 358 Å². The van der Waals surface area contributed by atoms with Crippen LogP contribution < -0.4 is 16.0 Å². The van der Waals surface area contributed by atoms with Gasteiger partial charge in [0.25, 0.3) is 0 Å². The first-order valence-corrected chi connectivity index (χ1v) is 34.6. The molecule has 0 bridgehead atoms. The Morgan fingerprint density at radius 2 is 0.495 bits per heavy atom. The summed E-state index contributed by atoms with van der Waals surface area (Å²) in [6.45, 7) is 44.5. The van der Waals surface area contributed by atoms with Gasteiger partial charge in [-0.05, 0) is 93.9 Å². The van der Waals surface area contributed by atoms with Gasteiger partial charge in [-0.3, -0.25) is 33.6 Å². The predicted octanol–water partition coefficient (Wildman–Crippen LogP) is 5.22. The molecule has 0 radical (unpaired) electrons. The van der Waals surface area contributed by atoms with Gasteiger partial charge in [0.2, 0.25) is 17.7 Å². The summed E-state index contributed by atoms with van der Waals surface area (Å²) in [4.78, 5) is 99.9. The number of ketones is 4. The number of nitrogens with one attached hydrogen (secondary N) is 3. The average Bonchev–Trinajstić information content (AvgIpc) is 0.861. The smallest absolute Gasteiger partial charge is 0.330 e. The van der Waals surface area contributed by atoms with Crippen molar-refractivity contribution in [3.05, 3.63) is 114 Å². The quantitative estimate of drug-likeness (QED) is 0.0344. The molecule has 0 heterocycles. The lowest BCUT2D eigenvalue weighted by atomic mass is 9.85. The van der Waals surface area contributed by atoms with Crippen LogP contribution in [0.4, 0.5) is 0 Å². The normalized spacial score (nSPS) is 10.5. The van der Waals surface area contributed by atoms with E-state index in [-0.39, 0.29) is 86.9 Å². The molecule has 29 heteroatoms. The highest BCUT2D eigenvalue weighted by Crippen LogP contribution is 2.26. The number of ether oxygens (including phenoxy) is 16. The summed E-state index contributed by atoms with van der Waals surface area (Å²) in [5.74, 6) is -1.66. The molecular formula is C74H123N3O26. The summed E-state index contributed by atoms with van der Waals surface area (Å²) >= 11 is 0. The third kappa shape index (κ3) is 83.9. The molecule has 4 N–H and O–H groups in total. The summed E-state index contributed by atoms with van der Waals surface area (Å²) in [6.07, 6.45) is 18.7. The van der Waals surface area contributed by atoms with Crippen LogP contribution in [-0.2, 0) is 119 Å². The summed E-state index contributed by atoms with van der Waals surface area (Å²) in [6, 6.07) is 0. The Bertz CT molecular complexity index is 2090. The van der Waals surface area contributed by atoms with E-state index in [4.69, 9.17) is 80.9 Å². The van der Waals surface area contributed by atoms with E-state index in [1.807, 2.05) is 0 Å². The zero-order valence-corrected chi connectivity index (χ0v) is 61.2. The van der Waals surface area contributed by atoms with Crippen molar-refractivity contribution < 1.29 is 124 Å². The summed E-state index contributed by atoms with van der Waals surface area (Å²) in [5.41, 5.74) is -0.739. The van der Waals surface area contributed by atoms with Crippen molar-refractivity contribution in [3.63, 3.8) is 0 Å². The van der Waals surface area contributed by atoms with Crippen LogP contribution in [0.1, 0.15) is 77.0 Å². The van der Waals surface area contributed by atoms with Crippen molar-refractivity contribution in [3.8, 4) is 0 Å². The Labute approximate surface area is 611 Å². The molecule has 103 heavy (non-hydrogen) atoms. The minimum atomic E-state index is -0.739. The van der Waals surface area contributed by atoms with Gasteiger partial charge in [-0.2, -0.15) is 0 Å². The van der Waals surface area contributed by atoms with E-state index in [1.165, 1.54) is 36.5 Å². The third-order valence-electron chi connectivity index (χ3n) is 12.7. The molecule has 0 fully saturated rings. The van der Waals surface area contributed by atoms with Gasteiger partial charge in [0.1, 0.15) is 13.2 Å². The number of allylic oxidation sites excluding steroid dienone is 4. The molecule has 0 unspecified atom stereocenters. The summed E-state index contributed by atoms with van der Waals surface area (Å²) in [7, 11) is 0. The fourth-order valence-corrected chi connectivity index (χ4v) is 7.27. The molecule has 590 valence electrons. The van der Waals surface area contributed by atoms with Gasteiger partial charge >= 0.3 is 11.9 Å². The number of rotatable bonds is 75. The van der Waals surface area contributed by atoms with E-state index in [9.17, 15) is 43.2 Å². The largest absolute Gasteiger partial charge is 0.460 e. The minimum absolute atomic E-state index is 0.00344. The maximum Gasteiger partial charge on any atom is 0.330 e. The van der Waals surface area contributed by atoms with Gasteiger partial charge in [0.05, 0.1) is 159 Å². The van der Waals surface area contributed by atoms with E-state index in [0.29, 0.717) is 230 Å². The van der Waals surface area contributed by atoms with Crippen LogP contribution in [-0.4, -0.2) is 282 Å². The SMILES string of the molecule is C=CC(=O)CCCCOCC(COCCCNC(=O)C=C)(COCCCNC(=O)C=C)CC(=O)C=C.C=CC(=O)CCCCOCCOCCOCCCCC(=O)C=C.C=CC(=O)NCCO.C=CC(=O)OCCOCCOCCOCCOCCOCCOCCOCCOCCOC(=O)C=C. The van der Waals surface area contributed by atoms with E-state index in [0.717, 1.165) is 43.9 Å². The second kappa shape index (κ2) is 84.0. The first kappa shape index (κ1) is 102. The number of esters is 2. The molecule has 0 atom stereocenters. The first-order valence-electron chi connectivity index (χ1n) is 34.6. The Hall–Kier alpha value is -6.91. The van der Waals surface area contributed by atoms with Crippen LogP contribution in [0.5, 0.6) is 0 Å². The molecule has 0 spiro atoms. The zero-order chi connectivity index (χ0) is 77.0. The van der Waals surface area contributed by atoms with Crippen LogP contribution >= 0.6 is 0 Å². The monoisotopic (exact) mass is 1470 g/mol. The molecule has 0 aromatic rings.